The van der Waals surface area contributed by atoms with Crippen LogP contribution >= 0.6 is 0 Å². The lowest BCUT2D eigenvalue weighted by Crippen LogP contribution is -2.55. The SMILES string of the molecule is O=C1CCN([C@H]2O[C@@H](CO)[C@H](O)[C@@H]2F)C(=O)N1. The van der Waals surface area contributed by atoms with E-state index in [0.29, 0.717) is 0 Å². The molecule has 0 radical (unpaired) electrons. The second-order valence-electron chi connectivity index (χ2n) is 3.98. The molecule has 2 fully saturated rings. The van der Waals surface area contributed by atoms with Gasteiger partial charge in [0.15, 0.2) is 12.4 Å². The monoisotopic (exact) mass is 248 g/mol. The number of rotatable bonds is 2. The summed E-state index contributed by atoms with van der Waals surface area (Å²) in [6, 6.07) is -0.750. The normalized spacial score (nSPS) is 38.4. The molecule has 96 valence electrons. The van der Waals surface area contributed by atoms with Crippen LogP contribution in [0.3, 0.4) is 0 Å². The third kappa shape index (κ3) is 2.11. The van der Waals surface area contributed by atoms with Crippen molar-refractivity contribution in [1.82, 2.24) is 10.2 Å². The Morgan fingerprint density at radius 1 is 1.53 bits per heavy atom. The third-order valence-corrected chi connectivity index (χ3v) is 2.87. The lowest BCUT2D eigenvalue weighted by molar-refractivity contribution is -0.124. The maximum atomic E-state index is 13.7. The van der Waals surface area contributed by atoms with Crippen LogP contribution in [-0.2, 0) is 9.53 Å². The van der Waals surface area contributed by atoms with E-state index in [4.69, 9.17) is 9.84 Å². The molecule has 2 rings (SSSR count). The van der Waals surface area contributed by atoms with E-state index in [1.54, 1.807) is 0 Å². The van der Waals surface area contributed by atoms with Crippen molar-refractivity contribution in [3.05, 3.63) is 0 Å². The van der Waals surface area contributed by atoms with Gasteiger partial charge in [0.2, 0.25) is 5.91 Å². The molecule has 2 aliphatic rings. The predicted molar refractivity (Wildman–Crippen MR) is 51.5 cm³/mol. The van der Waals surface area contributed by atoms with Crippen LogP contribution in [0.5, 0.6) is 0 Å². The summed E-state index contributed by atoms with van der Waals surface area (Å²) in [5.74, 6) is -0.432. The molecule has 4 atom stereocenters. The Bertz CT molecular complexity index is 339. The highest BCUT2D eigenvalue weighted by atomic mass is 19.1. The topological polar surface area (TPSA) is 99.1 Å². The second kappa shape index (κ2) is 4.55. The molecule has 17 heavy (non-hydrogen) atoms. The van der Waals surface area contributed by atoms with Crippen molar-refractivity contribution in [3.8, 4) is 0 Å². The van der Waals surface area contributed by atoms with Gasteiger partial charge in [-0.25, -0.2) is 9.18 Å². The van der Waals surface area contributed by atoms with Crippen LogP contribution in [0.1, 0.15) is 6.42 Å². The summed E-state index contributed by atoms with van der Waals surface area (Å²) < 4.78 is 18.7. The lowest BCUT2D eigenvalue weighted by Gasteiger charge is -2.32. The number of carbonyl (C=O) groups excluding carboxylic acids is 2. The average Bonchev–Trinajstić information content (AvgIpc) is 2.57. The number of halogens is 1. The molecule has 0 aromatic heterocycles. The minimum atomic E-state index is -1.80. The van der Waals surface area contributed by atoms with Crippen molar-refractivity contribution in [3.63, 3.8) is 0 Å². The summed E-state index contributed by atoms with van der Waals surface area (Å²) in [6.07, 6.45) is -5.55. The number of aliphatic hydroxyl groups is 2. The second-order valence-corrected chi connectivity index (χ2v) is 3.98. The molecule has 0 aromatic rings. The van der Waals surface area contributed by atoms with E-state index < -0.39 is 43.2 Å². The molecule has 0 bridgehead atoms. The van der Waals surface area contributed by atoms with Crippen molar-refractivity contribution in [2.24, 2.45) is 0 Å². The highest BCUT2D eigenvalue weighted by molar-refractivity contribution is 5.96. The van der Waals surface area contributed by atoms with Gasteiger partial charge in [0.05, 0.1) is 6.61 Å². The van der Waals surface area contributed by atoms with Gasteiger partial charge in [0.25, 0.3) is 0 Å². The molecule has 8 heteroatoms. The molecule has 0 unspecified atom stereocenters. The number of imide groups is 1. The minimum absolute atomic E-state index is 0.0284. The van der Waals surface area contributed by atoms with Gasteiger partial charge in [0, 0.05) is 13.0 Å². The first-order valence-electron chi connectivity index (χ1n) is 5.23. The van der Waals surface area contributed by atoms with Crippen LogP contribution in [0.25, 0.3) is 0 Å². The predicted octanol–water partition coefficient (Wildman–Crippen LogP) is -1.66. The Hall–Kier alpha value is -1.25. The Morgan fingerprint density at radius 2 is 2.24 bits per heavy atom. The van der Waals surface area contributed by atoms with Gasteiger partial charge in [-0.2, -0.15) is 0 Å². The van der Waals surface area contributed by atoms with Crippen LogP contribution < -0.4 is 5.32 Å². The van der Waals surface area contributed by atoms with Gasteiger partial charge < -0.3 is 14.9 Å². The number of nitrogens with zero attached hydrogens (tertiary/aromatic N) is 1. The fraction of sp³-hybridized carbons (Fsp3) is 0.778. The van der Waals surface area contributed by atoms with E-state index in [-0.39, 0.29) is 13.0 Å². The number of aliphatic hydroxyl groups excluding tert-OH is 2. The standard InChI is InChI=1S/C9H13FN2O5/c10-6-7(15)4(3-13)17-8(6)12-2-1-5(14)11-9(12)16/h4,6-8,13,15H,1-3H2,(H,11,14,16)/t4-,6-,7-,8-/m0/s1. The quantitative estimate of drug-likeness (QED) is 0.543. The molecule has 0 aliphatic carbocycles. The molecule has 2 aliphatic heterocycles. The lowest BCUT2D eigenvalue weighted by atomic mass is 10.1. The van der Waals surface area contributed by atoms with E-state index in [2.05, 4.69) is 0 Å². The smallest absolute Gasteiger partial charge is 0.326 e. The molecule has 2 saturated heterocycles. The van der Waals surface area contributed by atoms with Crippen LogP contribution in [0, 0.1) is 0 Å². The fourth-order valence-corrected chi connectivity index (χ4v) is 1.92. The van der Waals surface area contributed by atoms with Gasteiger partial charge in [0.1, 0.15) is 12.2 Å². The van der Waals surface area contributed by atoms with Crippen LogP contribution in [-0.4, -0.2) is 64.8 Å². The number of ether oxygens (including phenoxy) is 1. The number of alkyl halides is 1. The average molecular weight is 248 g/mol. The van der Waals surface area contributed by atoms with Crippen molar-refractivity contribution in [2.75, 3.05) is 13.2 Å². The molecular weight excluding hydrogens is 235 g/mol. The largest absolute Gasteiger partial charge is 0.394 e. The van der Waals surface area contributed by atoms with Crippen LogP contribution in [0.2, 0.25) is 0 Å². The van der Waals surface area contributed by atoms with Crippen molar-refractivity contribution in [1.29, 1.82) is 0 Å². The van der Waals surface area contributed by atoms with E-state index in [1.807, 2.05) is 5.32 Å². The minimum Gasteiger partial charge on any atom is -0.394 e. The maximum absolute atomic E-state index is 13.7. The van der Waals surface area contributed by atoms with Crippen molar-refractivity contribution < 1.29 is 28.9 Å². The molecule has 2 heterocycles. The van der Waals surface area contributed by atoms with Crippen molar-refractivity contribution >= 4 is 11.9 Å². The number of hydrogen-bond acceptors (Lipinski definition) is 5. The fourth-order valence-electron chi connectivity index (χ4n) is 1.92. The number of urea groups is 1. The number of hydrogen-bond donors (Lipinski definition) is 3. The van der Waals surface area contributed by atoms with Crippen LogP contribution in [0.4, 0.5) is 9.18 Å². The molecule has 3 N–H and O–H groups in total. The Morgan fingerprint density at radius 3 is 2.76 bits per heavy atom. The van der Waals surface area contributed by atoms with Crippen LogP contribution in [0.15, 0.2) is 0 Å². The number of nitrogens with one attached hydrogen (secondary N) is 1. The summed E-state index contributed by atoms with van der Waals surface area (Å²) in [5.41, 5.74) is 0. The summed E-state index contributed by atoms with van der Waals surface area (Å²) in [6.45, 7) is -0.507. The molecule has 3 amide bonds. The summed E-state index contributed by atoms with van der Waals surface area (Å²) in [7, 11) is 0. The summed E-state index contributed by atoms with van der Waals surface area (Å²) in [5, 5.41) is 20.3. The zero-order valence-corrected chi connectivity index (χ0v) is 8.88. The summed E-state index contributed by atoms with van der Waals surface area (Å²) >= 11 is 0. The Labute approximate surface area is 96.1 Å². The van der Waals surface area contributed by atoms with Gasteiger partial charge >= 0.3 is 6.03 Å². The molecule has 0 spiro atoms. The van der Waals surface area contributed by atoms with Gasteiger partial charge in [-0.1, -0.05) is 0 Å². The first-order valence-corrected chi connectivity index (χ1v) is 5.23. The highest BCUT2D eigenvalue weighted by Crippen LogP contribution is 2.27. The Kier molecular flexibility index (Phi) is 3.27. The molecule has 0 saturated carbocycles. The van der Waals surface area contributed by atoms with Gasteiger partial charge in [-0.3, -0.25) is 15.0 Å². The zero-order chi connectivity index (χ0) is 12.6. The molecular formula is C9H13FN2O5. The first-order chi connectivity index (χ1) is 8.04. The van der Waals surface area contributed by atoms with E-state index in [0.717, 1.165) is 4.90 Å². The number of carbonyl (C=O) groups is 2. The van der Waals surface area contributed by atoms with Gasteiger partial charge in [-0.15, -0.1) is 0 Å². The van der Waals surface area contributed by atoms with Gasteiger partial charge in [-0.05, 0) is 0 Å². The molecule has 0 aromatic carbocycles. The molecule has 7 nitrogen and oxygen atoms in total. The van der Waals surface area contributed by atoms with E-state index in [9.17, 15) is 19.1 Å². The van der Waals surface area contributed by atoms with Crippen molar-refractivity contribution in [2.45, 2.75) is 31.0 Å². The Balaban J connectivity index is 2.08. The zero-order valence-electron chi connectivity index (χ0n) is 8.88. The first kappa shape index (κ1) is 12.2. The maximum Gasteiger partial charge on any atom is 0.326 e. The highest BCUT2D eigenvalue weighted by Gasteiger charge is 2.48. The third-order valence-electron chi connectivity index (χ3n) is 2.87. The van der Waals surface area contributed by atoms with E-state index >= 15 is 0 Å². The van der Waals surface area contributed by atoms with E-state index in [1.165, 1.54) is 0 Å². The summed E-state index contributed by atoms with van der Waals surface area (Å²) in [4.78, 5) is 23.4. The number of amides is 3.